The molecule has 0 heterocycles. The van der Waals surface area contributed by atoms with Crippen LogP contribution in [-0.4, -0.2) is 34.9 Å². The molecule has 4 nitrogen and oxygen atoms in total. The number of aliphatic hydroxyl groups excluding tert-OH is 2. The molecule has 0 aliphatic carbocycles. The Bertz CT molecular complexity index is 1050. The standard InChI is InChI=1S/C62H117NO3/c1-3-5-7-9-11-13-15-17-18-19-20-21-22-23-24-25-26-27-28-29-30-31-32-33-34-35-36-37-38-39-40-41-42-43-44-46-48-50-52-54-56-58-62(66)63-60(59-64)61(65)57-55-53-51-49-47-45-16-14-12-10-8-6-4-2/h5,7,11,13,17-18,20-21,60-61,64-65H,3-4,6,8-10,12,14-16,19,22-59H2,1-2H3,(H,63,66)/b7-5-,13-11-,18-17-,21-20-. The summed E-state index contributed by atoms with van der Waals surface area (Å²) in [6, 6.07) is -0.533. The van der Waals surface area contributed by atoms with Crippen molar-refractivity contribution in [1.82, 2.24) is 5.32 Å². The van der Waals surface area contributed by atoms with Crippen LogP contribution in [0.15, 0.2) is 48.6 Å². The molecule has 66 heavy (non-hydrogen) atoms. The summed E-state index contributed by atoms with van der Waals surface area (Å²) in [7, 11) is 0. The van der Waals surface area contributed by atoms with Crippen LogP contribution in [0, 0.1) is 0 Å². The highest BCUT2D eigenvalue weighted by Gasteiger charge is 2.20. The molecule has 388 valence electrons. The summed E-state index contributed by atoms with van der Waals surface area (Å²) in [5.41, 5.74) is 0. The van der Waals surface area contributed by atoms with Crippen molar-refractivity contribution < 1.29 is 15.0 Å². The molecular weight excluding hydrogens is 807 g/mol. The second-order valence-electron chi connectivity index (χ2n) is 20.4. The van der Waals surface area contributed by atoms with Gasteiger partial charge in [0.1, 0.15) is 0 Å². The minimum Gasteiger partial charge on any atom is -0.394 e. The summed E-state index contributed by atoms with van der Waals surface area (Å²) in [5.74, 6) is -0.0259. The van der Waals surface area contributed by atoms with Crippen molar-refractivity contribution in [3.63, 3.8) is 0 Å². The zero-order chi connectivity index (χ0) is 47.7. The molecule has 2 unspecified atom stereocenters. The van der Waals surface area contributed by atoms with Crippen LogP contribution in [0.2, 0.25) is 0 Å². The maximum absolute atomic E-state index is 12.5. The van der Waals surface area contributed by atoms with Gasteiger partial charge >= 0.3 is 0 Å². The van der Waals surface area contributed by atoms with E-state index in [1.165, 1.54) is 244 Å². The van der Waals surface area contributed by atoms with Crippen molar-refractivity contribution in [1.29, 1.82) is 0 Å². The summed E-state index contributed by atoms with van der Waals surface area (Å²) in [6.07, 6.45) is 79.9. The molecule has 1 amide bonds. The minimum absolute atomic E-state index is 0.0259. The van der Waals surface area contributed by atoms with E-state index in [-0.39, 0.29) is 12.5 Å². The zero-order valence-corrected chi connectivity index (χ0v) is 44.7. The van der Waals surface area contributed by atoms with Crippen molar-refractivity contribution in [3.05, 3.63) is 48.6 Å². The monoisotopic (exact) mass is 924 g/mol. The average molecular weight is 925 g/mol. The fraction of sp³-hybridized carbons (Fsp3) is 0.855. The van der Waals surface area contributed by atoms with Crippen LogP contribution in [0.4, 0.5) is 0 Å². The Kier molecular flexibility index (Phi) is 56.2. The van der Waals surface area contributed by atoms with Gasteiger partial charge in [0.05, 0.1) is 18.8 Å². The second-order valence-corrected chi connectivity index (χ2v) is 20.4. The molecule has 0 saturated carbocycles. The van der Waals surface area contributed by atoms with E-state index in [1.54, 1.807) is 0 Å². The van der Waals surface area contributed by atoms with Crippen LogP contribution in [0.5, 0.6) is 0 Å². The summed E-state index contributed by atoms with van der Waals surface area (Å²) in [6.45, 7) is 4.26. The van der Waals surface area contributed by atoms with Gasteiger partial charge in [-0.15, -0.1) is 0 Å². The third kappa shape index (κ3) is 53.3. The quantitative estimate of drug-likeness (QED) is 0.0420. The molecule has 4 heteroatoms. The molecule has 0 fully saturated rings. The topological polar surface area (TPSA) is 69.6 Å². The lowest BCUT2D eigenvalue weighted by Crippen LogP contribution is -2.45. The van der Waals surface area contributed by atoms with E-state index < -0.39 is 12.1 Å². The molecule has 0 bridgehead atoms. The highest BCUT2D eigenvalue weighted by Crippen LogP contribution is 2.18. The molecule has 0 aliphatic heterocycles. The third-order valence-corrected chi connectivity index (χ3v) is 13.9. The summed E-state index contributed by atoms with van der Waals surface area (Å²) in [5, 5.41) is 23.3. The number of nitrogens with one attached hydrogen (secondary N) is 1. The Morgan fingerprint density at radius 3 is 1.00 bits per heavy atom. The molecule has 0 saturated heterocycles. The van der Waals surface area contributed by atoms with Crippen molar-refractivity contribution >= 4 is 5.91 Å². The van der Waals surface area contributed by atoms with Gasteiger partial charge in [-0.05, 0) is 51.4 Å². The Balaban J connectivity index is 3.34. The number of aliphatic hydroxyl groups is 2. The third-order valence-electron chi connectivity index (χ3n) is 13.9. The SMILES string of the molecule is CC/C=C\C/C=C\C/C=C\C/C=C\CCCCCCCCCCCCCCCCCCCCCCCCCCCCCCC(=O)NC(CO)C(O)CCCCCCCCCCCCCCC. The van der Waals surface area contributed by atoms with Gasteiger partial charge in [0.25, 0.3) is 0 Å². The first-order chi connectivity index (χ1) is 32.7. The highest BCUT2D eigenvalue weighted by atomic mass is 16.3. The molecule has 3 N–H and O–H groups in total. The van der Waals surface area contributed by atoms with Crippen molar-refractivity contribution in [2.45, 2.75) is 334 Å². The maximum atomic E-state index is 12.5. The van der Waals surface area contributed by atoms with Gasteiger partial charge in [0.15, 0.2) is 0 Å². The fourth-order valence-corrected chi connectivity index (χ4v) is 9.36. The average Bonchev–Trinajstić information content (AvgIpc) is 3.32. The Hall–Kier alpha value is -1.65. The number of hydrogen-bond donors (Lipinski definition) is 3. The lowest BCUT2D eigenvalue weighted by molar-refractivity contribution is -0.123. The number of hydrogen-bond acceptors (Lipinski definition) is 3. The molecule has 2 atom stereocenters. The van der Waals surface area contributed by atoms with Crippen LogP contribution in [0.1, 0.15) is 322 Å². The minimum atomic E-state index is -0.656. The lowest BCUT2D eigenvalue weighted by atomic mass is 10.0. The number of amides is 1. The maximum Gasteiger partial charge on any atom is 0.220 e. The summed E-state index contributed by atoms with van der Waals surface area (Å²) in [4.78, 5) is 12.5. The Morgan fingerprint density at radius 2 is 0.667 bits per heavy atom. The molecule has 0 aromatic heterocycles. The number of allylic oxidation sites excluding steroid dienone is 8. The predicted octanol–water partition coefficient (Wildman–Crippen LogP) is 19.8. The van der Waals surface area contributed by atoms with E-state index >= 15 is 0 Å². The van der Waals surface area contributed by atoms with Crippen LogP contribution in [0.25, 0.3) is 0 Å². The molecule has 0 spiro atoms. The van der Waals surface area contributed by atoms with E-state index in [0.717, 1.165) is 51.4 Å². The van der Waals surface area contributed by atoms with Gasteiger partial charge < -0.3 is 15.5 Å². The zero-order valence-electron chi connectivity index (χ0n) is 44.7. The van der Waals surface area contributed by atoms with E-state index in [9.17, 15) is 15.0 Å². The van der Waals surface area contributed by atoms with Crippen molar-refractivity contribution in [3.8, 4) is 0 Å². The van der Waals surface area contributed by atoms with Gasteiger partial charge in [-0.1, -0.05) is 313 Å². The molecule has 0 aliphatic rings. The largest absolute Gasteiger partial charge is 0.394 e. The van der Waals surface area contributed by atoms with Gasteiger partial charge in [-0.25, -0.2) is 0 Å². The normalized spacial score (nSPS) is 13.1. The first kappa shape index (κ1) is 64.3. The first-order valence-corrected chi connectivity index (χ1v) is 29.8. The second kappa shape index (κ2) is 57.7. The molecule has 0 aromatic carbocycles. The van der Waals surface area contributed by atoms with Crippen LogP contribution >= 0.6 is 0 Å². The molecule has 0 rings (SSSR count). The fourth-order valence-electron chi connectivity index (χ4n) is 9.36. The Morgan fingerprint density at radius 1 is 0.379 bits per heavy atom. The van der Waals surface area contributed by atoms with E-state index in [2.05, 4.69) is 67.8 Å². The van der Waals surface area contributed by atoms with Crippen LogP contribution in [0.3, 0.4) is 0 Å². The van der Waals surface area contributed by atoms with Crippen LogP contribution in [-0.2, 0) is 4.79 Å². The molecular formula is C62H117NO3. The van der Waals surface area contributed by atoms with E-state index in [0.29, 0.717) is 12.8 Å². The van der Waals surface area contributed by atoms with E-state index in [1.807, 2.05) is 0 Å². The first-order valence-electron chi connectivity index (χ1n) is 29.8. The van der Waals surface area contributed by atoms with E-state index in [4.69, 9.17) is 0 Å². The van der Waals surface area contributed by atoms with Gasteiger partial charge in [-0.3, -0.25) is 4.79 Å². The summed E-state index contributed by atoms with van der Waals surface area (Å²) < 4.78 is 0. The molecule has 0 aromatic rings. The number of rotatable bonds is 55. The predicted molar refractivity (Wildman–Crippen MR) is 295 cm³/mol. The lowest BCUT2D eigenvalue weighted by Gasteiger charge is -2.22. The van der Waals surface area contributed by atoms with Gasteiger partial charge in [0, 0.05) is 6.42 Å². The number of unbranched alkanes of at least 4 members (excludes halogenated alkanes) is 40. The molecule has 0 radical (unpaired) electrons. The highest BCUT2D eigenvalue weighted by molar-refractivity contribution is 5.76. The number of carbonyl (C=O) groups is 1. The number of carbonyl (C=O) groups excluding carboxylic acids is 1. The van der Waals surface area contributed by atoms with Crippen molar-refractivity contribution in [2.75, 3.05) is 6.61 Å². The summed E-state index contributed by atoms with van der Waals surface area (Å²) >= 11 is 0. The smallest absolute Gasteiger partial charge is 0.220 e. The van der Waals surface area contributed by atoms with Gasteiger partial charge in [0.2, 0.25) is 5.91 Å². The van der Waals surface area contributed by atoms with Crippen molar-refractivity contribution in [2.24, 2.45) is 0 Å². The van der Waals surface area contributed by atoms with Gasteiger partial charge in [-0.2, -0.15) is 0 Å². The Labute approximate surface area is 414 Å². The van der Waals surface area contributed by atoms with Crippen LogP contribution < -0.4 is 5.32 Å².